The highest BCUT2D eigenvalue weighted by Crippen LogP contribution is 2.29. The predicted molar refractivity (Wildman–Crippen MR) is 130 cm³/mol. The number of hydrogen-bond acceptors (Lipinski definition) is 0. The third kappa shape index (κ3) is 3.71. The predicted octanol–water partition coefficient (Wildman–Crippen LogP) is 6.16. The molecule has 4 aromatic rings. The number of fused-ring (bicyclic) bond motifs is 2. The molecule has 1 unspecified atom stereocenters. The Morgan fingerprint density at radius 3 is 1.69 bits per heavy atom. The van der Waals surface area contributed by atoms with Crippen molar-refractivity contribution < 1.29 is 0 Å². The van der Waals surface area contributed by atoms with Crippen molar-refractivity contribution in [2.75, 3.05) is 0 Å². The normalized spacial score (nSPS) is 12.4. The van der Waals surface area contributed by atoms with E-state index in [4.69, 9.17) is 0 Å². The van der Waals surface area contributed by atoms with Crippen LogP contribution in [0.1, 0.15) is 42.5 Å². The van der Waals surface area contributed by atoms with Crippen LogP contribution in [0.15, 0.2) is 60.7 Å². The summed E-state index contributed by atoms with van der Waals surface area (Å²) >= 11 is 0. The maximum absolute atomic E-state index is 2.42. The molecule has 0 aliphatic carbocycles. The second-order valence-corrected chi connectivity index (χ2v) is 8.66. The quantitative estimate of drug-likeness (QED) is 0.289. The summed E-state index contributed by atoms with van der Waals surface area (Å²) in [6, 6.07) is 22.5. The van der Waals surface area contributed by atoms with Gasteiger partial charge in [0.05, 0.1) is 0 Å². The monoisotopic (exact) mass is 377 g/mol. The number of rotatable bonds is 5. The number of aryl methyl sites for hydroxylation is 3. The molecule has 4 rings (SSSR count). The molecule has 0 heterocycles. The van der Waals surface area contributed by atoms with E-state index in [9.17, 15) is 0 Å². The van der Waals surface area contributed by atoms with Crippen LogP contribution in [0.25, 0.3) is 21.5 Å². The average molecular weight is 377 g/mol. The third-order valence-corrected chi connectivity index (χ3v) is 6.36. The lowest BCUT2D eigenvalue weighted by atomic mass is 9.58. The van der Waals surface area contributed by atoms with Crippen molar-refractivity contribution in [3.05, 3.63) is 82.9 Å². The molecule has 0 saturated heterocycles. The molecule has 0 aliphatic rings. The van der Waals surface area contributed by atoms with E-state index in [1.54, 1.807) is 0 Å². The van der Waals surface area contributed by atoms with Gasteiger partial charge in [0.15, 0.2) is 7.28 Å². The van der Waals surface area contributed by atoms with Crippen LogP contribution in [0.2, 0.25) is 0 Å². The highest BCUT2D eigenvalue weighted by atomic mass is 14.2. The molecule has 0 bridgehead atoms. The second-order valence-electron chi connectivity index (χ2n) is 8.66. The van der Waals surface area contributed by atoms with Crippen LogP contribution in [0.4, 0.5) is 0 Å². The Balaban J connectivity index is 2.01. The van der Waals surface area contributed by atoms with Gasteiger partial charge in [-0.1, -0.05) is 109 Å². The summed E-state index contributed by atoms with van der Waals surface area (Å²) in [7, 11) is 2.42. The summed E-state index contributed by atoms with van der Waals surface area (Å²) in [5.74, 6) is 0.679. The van der Waals surface area contributed by atoms with Gasteiger partial charge in [0.1, 0.15) is 0 Å². The minimum absolute atomic E-state index is 0.679. The van der Waals surface area contributed by atoms with Crippen LogP contribution >= 0.6 is 0 Å². The molecular formula is C28H30B. The summed E-state index contributed by atoms with van der Waals surface area (Å²) < 4.78 is 0. The first-order valence-corrected chi connectivity index (χ1v) is 10.8. The van der Waals surface area contributed by atoms with Crippen molar-refractivity contribution in [2.24, 2.45) is 5.92 Å². The van der Waals surface area contributed by atoms with E-state index < -0.39 is 0 Å². The lowest BCUT2D eigenvalue weighted by Crippen LogP contribution is -2.32. The van der Waals surface area contributed by atoms with Gasteiger partial charge in [0, 0.05) is 0 Å². The molecular weight excluding hydrogens is 347 g/mol. The summed E-state index contributed by atoms with van der Waals surface area (Å²) in [6.45, 7) is 11.3. The largest absolute Gasteiger partial charge is 0.193 e. The molecule has 0 aliphatic heterocycles. The maximum Gasteiger partial charge on any atom is 0.193 e. The Kier molecular flexibility index (Phi) is 5.50. The average Bonchev–Trinajstić information content (AvgIpc) is 2.71. The lowest BCUT2D eigenvalue weighted by Gasteiger charge is -2.20. The van der Waals surface area contributed by atoms with Crippen molar-refractivity contribution in [1.29, 1.82) is 0 Å². The molecule has 29 heavy (non-hydrogen) atoms. The van der Waals surface area contributed by atoms with Gasteiger partial charge in [-0.3, -0.25) is 0 Å². The Morgan fingerprint density at radius 1 is 0.724 bits per heavy atom. The zero-order chi connectivity index (χ0) is 20.5. The summed E-state index contributed by atoms with van der Waals surface area (Å²) in [6.07, 6.45) is 2.33. The van der Waals surface area contributed by atoms with Crippen LogP contribution in [-0.2, 0) is 6.42 Å². The maximum atomic E-state index is 2.42. The SMILES string of the molecule is CCC(C)Cc1c2ccccc2c([B]c2c(C)cc(C)cc2C)c2ccccc12. The van der Waals surface area contributed by atoms with Crippen molar-refractivity contribution in [2.45, 2.75) is 47.5 Å². The number of benzene rings is 4. The minimum atomic E-state index is 0.679. The van der Waals surface area contributed by atoms with E-state index in [-0.39, 0.29) is 0 Å². The van der Waals surface area contributed by atoms with Gasteiger partial charge >= 0.3 is 0 Å². The van der Waals surface area contributed by atoms with Crippen LogP contribution in [0, 0.1) is 26.7 Å². The molecule has 0 amide bonds. The highest BCUT2D eigenvalue weighted by molar-refractivity contribution is 6.73. The van der Waals surface area contributed by atoms with Crippen LogP contribution in [0.5, 0.6) is 0 Å². The molecule has 0 aromatic heterocycles. The Hall–Kier alpha value is -2.54. The molecule has 1 heteroatoms. The van der Waals surface area contributed by atoms with Crippen LogP contribution < -0.4 is 10.9 Å². The molecule has 0 N–H and O–H groups in total. The molecule has 1 atom stereocenters. The van der Waals surface area contributed by atoms with Gasteiger partial charge in [-0.15, -0.1) is 0 Å². The minimum Gasteiger partial charge on any atom is -0.0756 e. The van der Waals surface area contributed by atoms with Gasteiger partial charge < -0.3 is 0 Å². The third-order valence-electron chi connectivity index (χ3n) is 6.36. The molecule has 145 valence electrons. The molecule has 0 spiro atoms. The van der Waals surface area contributed by atoms with Gasteiger partial charge in [-0.25, -0.2) is 0 Å². The van der Waals surface area contributed by atoms with Crippen LogP contribution in [0.3, 0.4) is 0 Å². The van der Waals surface area contributed by atoms with E-state index in [2.05, 4.69) is 103 Å². The molecule has 1 radical (unpaired) electrons. The van der Waals surface area contributed by atoms with Gasteiger partial charge in [0.2, 0.25) is 0 Å². The van der Waals surface area contributed by atoms with Crippen molar-refractivity contribution in [3.63, 3.8) is 0 Å². The van der Waals surface area contributed by atoms with Crippen molar-refractivity contribution in [1.82, 2.24) is 0 Å². The molecule has 4 aromatic carbocycles. The molecule has 0 saturated carbocycles. The first-order valence-electron chi connectivity index (χ1n) is 10.8. The summed E-state index contributed by atoms with van der Waals surface area (Å²) in [4.78, 5) is 0. The van der Waals surface area contributed by atoms with E-state index >= 15 is 0 Å². The first kappa shape index (κ1) is 19.8. The van der Waals surface area contributed by atoms with Gasteiger partial charge in [-0.05, 0) is 60.2 Å². The van der Waals surface area contributed by atoms with Crippen molar-refractivity contribution in [3.8, 4) is 0 Å². The number of hydrogen-bond donors (Lipinski definition) is 0. The summed E-state index contributed by atoms with van der Waals surface area (Å²) in [5, 5.41) is 5.54. The lowest BCUT2D eigenvalue weighted by molar-refractivity contribution is 0.564. The fourth-order valence-electron chi connectivity index (χ4n) is 4.68. The second kappa shape index (κ2) is 8.07. The Morgan fingerprint density at radius 2 is 1.21 bits per heavy atom. The molecule has 0 nitrogen and oxygen atoms in total. The molecule has 0 fully saturated rings. The van der Waals surface area contributed by atoms with E-state index in [1.807, 2.05) is 0 Å². The smallest absolute Gasteiger partial charge is 0.0756 e. The van der Waals surface area contributed by atoms with Gasteiger partial charge in [0.25, 0.3) is 0 Å². The van der Waals surface area contributed by atoms with Crippen molar-refractivity contribution >= 4 is 39.8 Å². The zero-order valence-electron chi connectivity index (χ0n) is 18.3. The standard InChI is InChI=1S/C28H30B/c1-6-18(2)17-26-22-11-7-9-13-24(22)28(25-14-10-8-12-23(25)26)29-27-20(4)15-19(3)16-21(27)5/h7-16,18H,6,17H2,1-5H3. The topological polar surface area (TPSA) is 0 Å². The fourth-order valence-corrected chi connectivity index (χ4v) is 4.68. The summed E-state index contributed by atoms with van der Waals surface area (Å²) in [5.41, 5.74) is 8.22. The van der Waals surface area contributed by atoms with E-state index in [0.717, 1.165) is 6.42 Å². The highest BCUT2D eigenvalue weighted by Gasteiger charge is 2.17. The first-order chi connectivity index (χ1) is 14.0. The van der Waals surface area contributed by atoms with Crippen LogP contribution in [-0.4, -0.2) is 7.28 Å². The van der Waals surface area contributed by atoms with E-state index in [1.165, 1.54) is 61.1 Å². The fraction of sp³-hybridized carbons (Fsp3) is 0.286. The Labute approximate surface area is 176 Å². The zero-order valence-corrected chi connectivity index (χ0v) is 18.3. The van der Waals surface area contributed by atoms with E-state index in [0.29, 0.717) is 5.92 Å². The van der Waals surface area contributed by atoms with Gasteiger partial charge in [-0.2, -0.15) is 0 Å². The Bertz CT molecular complexity index is 1110.